The van der Waals surface area contributed by atoms with Gasteiger partial charge in [0, 0.05) is 5.56 Å². The van der Waals surface area contributed by atoms with E-state index >= 15 is 0 Å². The van der Waals surface area contributed by atoms with E-state index < -0.39 is 16.6 Å². The van der Waals surface area contributed by atoms with E-state index in [1.807, 2.05) is 31.2 Å². The first-order chi connectivity index (χ1) is 13.0. The molecule has 0 aliphatic rings. The average molecular weight is 362 g/mol. The second-order valence-corrected chi connectivity index (χ2v) is 5.96. The second kappa shape index (κ2) is 6.41. The van der Waals surface area contributed by atoms with Crippen molar-refractivity contribution in [2.45, 2.75) is 6.92 Å². The number of pyridine rings is 1. The third-order valence-electron chi connectivity index (χ3n) is 3.99. The van der Waals surface area contributed by atoms with Gasteiger partial charge in [0.15, 0.2) is 11.5 Å². The van der Waals surface area contributed by atoms with Crippen LogP contribution in [0.25, 0.3) is 11.3 Å². The van der Waals surface area contributed by atoms with Crippen molar-refractivity contribution in [2.24, 2.45) is 0 Å². The van der Waals surface area contributed by atoms with E-state index in [2.05, 4.69) is 20.6 Å². The topological polar surface area (TPSA) is 117 Å². The summed E-state index contributed by atoms with van der Waals surface area (Å²) in [6.07, 6.45) is 3.13. The molecule has 0 bridgehead atoms. The standard InChI is InChI=1S/C19H14N4O4/c1-10-2-4-11(5-3-10)13-9-21-19(27-13)22-12-6-7-14(20-8-12)23-15-16(24)18(26)17(15)25/h2-9,24H,1H3,(H,20,23)(H,21,22). The van der Waals surface area contributed by atoms with Crippen molar-refractivity contribution >= 4 is 23.2 Å². The van der Waals surface area contributed by atoms with E-state index in [-0.39, 0.29) is 5.69 Å². The number of hydrogen-bond acceptors (Lipinski definition) is 8. The van der Waals surface area contributed by atoms with Crippen molar-refractivity contribution < 1.29 is 9.52 Å². The molecule has 0 aliphatic carbocycles. The summed E-state index contributed by atoms with van der Waals surface area (Å²) in [5.74, 6) is 0.377. The Kier molecular flexibility index (Phi) is 3.92. The lowest BCUT2D eigenvalue weighted by Gasteiger charge is -2.08. The first-order valence-corrected chi connectivity index (χ1v) is 8.06. The van der Waals surface area contributed by atoms with Crippen LogP contribution in [0.3, 0.4) is 0 Å². The summed E-state index contributed by atoms with van der Waals surface area (Å²) in [5, 5.41) is 15.0. The van der Waals surface area contributed by atoms with Crippen LogP contribution in [0.2, 0.25) is 0 Å². The highest BCUT2D eigenvalue weighted by molar-refractivity contribution is 5.68. The molecule has 0 saturated carbocycles. The number of aromatic hydroxyl groups is 1. The van der Waals surface area contributed by atoms with Crippen LogP contribution in [0, 0.1) is 6.92 Å². The third-order valence-corrected chi connectivity index (χ3v) is 3.99. The second-order valence-electron chi connectivity index (χ2n) is 5.96. The summed E-state index contributed by atoms with van der Waals surface area (Å²) in [4.78, 5) is 30.6. The highest BCUT2D eigenvalue weighted by Crippen LogP contribution is 2.25. The van der Waals surface area contributed by atoms with Crippen LogP contribution >= 0.6 is 0 Å². The molecule has 4 aromatic rings. The molecule has 0 radical (unpaired) electrons. The molecule has 0 saturated heterocycles. The zero-order chi connectivity index (χ0) is 19.0. The Bertz CT molecular complexity index is 1170. The Hall–Kier alpha value is -3.94. The minimum absolute atomic E-state index is 0.149. The summed E-state index contributed by atoms with van der Waals surface area (Å²) in [6.45, 7) is 2.01. The Labute approximate surface area is 152 Å². The molecule has 0 fully saturated rings. The fourth-order valence-electron chi connectivity index (χ4n) is 2.47. The van der Waals surface area contributed by atoms with Crippen LogP contribution in [0.4, 0.5) is 23.2 Å². The molecule has 0 atom stereocenters. The molecule has 2 heterocycles. The highest BCUT2D eigenvalue weighted by Gasteiger charge is 2.20. The molecule has 0 unspecified atom stereocenters. The lowest BCUT2D eigenvalue weighted by atomic mass is 10.1. The molecule has 0 amide bonds. The van der Waals surface area contributed by atoms with Crippen LogP contribution in [-0.2, 0) is 0 Å². The number of anilines is 4. The van der Waals surface area contributed by atoms with Crippen LogP contribution in [0.5, 0.6) is 5.75 Å². The zero-order valence-corrected chi connectivity index (χ0v) is 14.2. The van der Waals surface area contributed by atoms with Crippen LogP contribution < -0.4 is 21.5 Å². The molecule has 8 nitrogen and oxygen atoms in total. The monoisotopic (exact) mass is 362 g/mol. The maximum absolute atomic E-state index is 11.3. The van der Waals surface area contributed by atoms with Gasteiger partial charge in [0.25, 0.3) is 16.9 Å². The first kappa shape index (κ1) is 16.5. The van der Waals surface area contributed by atoms with Crippen molar-refractivity contribution in [1.29, 1.82) is 0 Å². The van der Waals surface area contributed by atoms with Crippen molar-refractivity contribution in [3.63, 3.8) is 0 Å². The van der Waals surface area contributed by atoms with Crippen LogP contribution in [-0.4, -0.2) is 15.1 Å². The average Bonchev–Trinajstić information content (AvgIpc) is 3.15. The molecular formula is C19H14N4O4. The lowest BCUT2D eigenvalue weighted by Crippen LogP contribution is -2.32. The van der Waals surface area contributed by atoms with Gasteiger partial charge in [-0.25, -0.2) is 9.97 Å². The van der Waals surface area contributed by atoms with Crippen LogP contribution in [0.15, 0.2) is 62.8 Å². The Morgan fingerprint density at radius 3 is 2.37 bits per heavy atom. The molecule has 134 valence electrons. The molecule has 0 spiro atoms. The van der Waals surface area contributed by atoms with E-state index in [1.54, 1.807) is 18.3 Å². The number of rotatable bonds is 5. The SMILES string of the molecule is Cc1ccc(-c2cnc(Nc3ccc(Nc4c(O)c(=O)c4=O)nc3)o2)cc1. The number of nitrogens with one attached hydrogen (secondary N) is 2. The van der Waals surface area contributed by atoms with Crippen molar-refractivity contribution in [2.75, 3.05) is 10.6 Å². The molecule has 4 rings (SSSR count). The summed E-state index contributed by atoms with van der Waals surface area (Å²) in [5.41, 5.74) is 0.889. The number of aromatic nitrogens is 2. The summed E-state index contributed by atoms with van der Waals surface area (Å²) in [7, 11) is 0. The van der Waals surface area contributed by atoms with E-state index in [9.17, 15) is 14.7 Å². The molecular weight excluding hydrogens is 348 g/mol. The van der Waals surface area contributed by atoms with Gasteiger partial charge >= 0.3 is 0 Å². The number of aryl methyl sites for hydroxylation is 1. The van der Waals surface area contributed by atoms with Gasteiger partial charge in [-0.2, -0.15) is 0 Å². The number of nitrogens with zero attached hydrogens (tertiary/aromatic N) is 2. The maximum Gasteiger partial charge on any atom is 0.299 e. The van der Waals surface area contributed by atoms with E-state index in [4.69, 9.17) is 4.42 Å². The molecule has 0 aliphatic heterocycles. The quantitative estimate of drug-likeness (QED) is 0.464. The fraction of sp³-hybridized carbons (Fsp3) is 0.0526. The predicted octanol–water partition coefficient (Wildman–Crippen LogP) is 2.83. The van der Waals surface area contributed by atoms with Crippen LogP contribution in [0.1, 0.15) is 5.56 Å². The van der Waals surface area contributed by atoms with Gasteiger partial charge in [0.2, 0.25) is 0 Å². The molecule has 8 heteroatoms. The molecule has 27 heavy (non-hydrogen) atoms. The zero-order valence-electron chi connectivity index (χ0n) is 14.2. The van der Waals surface area contributed by atoms with Crippen molar-refractivity contribution in [1.82, 2.24) is 9.97 Å². The molecule has 2 aromatic heterocycles. The van der Waals surface area contributed by atoms with Crippen molar-refractivity contribution in [3.8, 4) is 17.1 Å². The van der Waals surface area contributed by atoms with Gasteiger partial charge in [-0.15, -0.1) is 0 Å². The smallest absolute Gasteiger partial charge is 0.299 e. The predicted molar refractivity (Wildman–Crippen MR) is 100 cm³/mol. The van der Waals surface area contributed by atoms with Gasteiger partial charge in [0.05, 0.1) is 18.1 Å². The van der Waals surface area contributed by atoms with Gasteiger partial charge in [-0.1, -0.05) is 29.8 Å². The number of benzene rings is 1. The molecule has 2 aromatic carbocycles. The summed E-state index contributed by atoms with van der Waals surface area (Å²) < 4.78 is 5.69. The van der Waals surface area contributed by atoms with E-state index in [0.29, 0.717) is 23.3 Å². The van der Waals surface area contributed by atoms with Gasteiger partial charge < -0.3 is 20.2 Å². The Morgan fingerprint density at radius 2 is 1.70 bits per heavy atom. The number of oxazole rings is 1. The normalized spacial score (nSPS) is 10.9. The van der Waals surface area contributed by atoms with E-state index in [0.717, 1.165) is 11.1 Å². The van der Waals surface area contributed by atoms with Gasteiger partial charge in [0.1, 0.15) is 11.5 Å². The largest absolute Gasteiger partial charge is 0.502 e. The highest BCUT2D eigenvalue weighted by atomic mass is 16.4. The number of hydrogen-bond donors (Lipinski definition) is 3. The molecule has 3 N–H and O–H groups in total. The summed E-state index contributed by atoms with van der Waals surface area (Å²) in [6, 6.07) is 11.5. The minimum Gasteiger partial charge on any atom is -0.502 e. The van der Waals surface area contributed by atoms with Crippen molar-refractivity contribution in [3.05, 3.63) is 74.8 Å². The Balaban J connectivity index is 1.45. The van der Waals surface area contributed by atoms with Gasteiger partial charge in [-0.05, 0) is 19.1 Å². The fourth-order valence-corrected chi connectivity index (χ4v) is 2.47. The van der Waals surface area contributed by atoms with Gasteiger partial charge in [-0.3, -0.25) is 9.59 Å². The Morgan fingerprint density at radius 1 is 0.926 bits per heavy atom. The minimum atomic E-state index is -0.899. The first-order valence-electron chi connectivity index (χ1n) is 8.06. The maximum atomic E-state index is 11.3. The lowest BCUT2D eigenvalue weighted by molar-refractivity contribution is 0.466. The van der Waals surface area contributed by atoms with E-state index in [1.165, 1.54) is 6.20 Å². The third kappa shape index (κ3) is 3.15. The summed E-state index contributed by atoms with van der Waals surface area (Å²) >= 11 is 0.